The maximum Gasteiger partial charge on any atom is 0.337 e. The number of carbonyl (C=O) groups is 2. The van der Waals surface area contributed by atoms with Crippen LogP contribution in [0.5, 0.6) is 0 Å². The Morgan fingerprint density at radius 2 is 1.78 bits per heavy atom. The smallest absolute Gasteiger partial charge is 0.337 e. The summed E-state index contributed by atoms with van der Waals surface area (Å²) in [4.78, 5) is 23.4. The molecular formula is C18H20N2O3. The Morgan fingerprint density at radius 1 is 1.04 bits per heavy atom. The van der Waals surface area contributed by atoms with E-state index in [2.05, 4.69) is 15.4 Å². The second-order valence-corrected chi connectivity index (χ2v) is 5.17. The SMILES string of the molecule is COC(=O)c1cccc(NCCC(=O)Nc2cccc(C)c2)c1. The lowest BCUT2D eigenvalue weighted by atomic mass is 10.2. The van der Waals surface area contributed by atoms with Crippen molar-refractivity contribution in [3.63, 3.8) is 0 Å². The first-order valence-corrected chi connectivity index (χ1v) is 7.37. The lowest BCUT2D eigenvalue weighted by Crippen LogP contribution is -2.16. The molecule has 1 amide bonds. The van der Waals surface area contributed by atoms with Gasteiger partial charge >= 0.3 is 5.97 Å². The zero-order valence-corrected chi connectivity index (χ0v) is 13.3. The summed E-state index contributed by atoms with van der Waals surface area (Å²) in [7, 11) is 1.35. The molecule has 0 aromatic heterocycles. The number of aryl methyl sites for hydroxylation is 1. The fraction of sp³-hybridized carbons (Fsp3) is 0.222. The van der Waals surface area contributed by atoms with E-state index in [0.29, 0.717) is 18.5 Å². The van der Waals surface area contributed by atoms with Crippen molar-refractivity contribution in [1.29, 1.82) is 0 Å². The van der Waals surface area contributed by atoms with Gasteiger partial charge in [0.1, 0.15) is 0 Å². The van der Waals surface area contributed by atoms with Crippen LogP contribution in [0, 0.1) is 6.92 Å². The van der Waals surface area contributed by atoms with Gasteiger partial charge < -0.3 is 15.4 Å². The molecule has 5 nitrogen and oxygen atoms in total. The van der Waals surface area contributed by atoms with Gasteiger partial charge in [-0.05, 0) is 42.8 Å². The van der Waals surface area contributed by atoms with Crippen LogP contribution in [0.1, 0.15) is 22.3 Å². The Bertz CT molecular complexity index is 698. The number of ether oxygens (including phenoxy) is 1. The number of anilines is 2. The zero-order chi connectivity index (χ0) is 16.7. The maximum atomic E-state index is 11.9. The molecule has 0 spiro atoms. The minimum Gasteiger partial charge on any atom is -0.465 e. The molecule has 0 bridgehead atoms. The monoisotopic (exact) mass is 312 g/mol. The van der Waals surface area contributed by atoms with Crippen molar-refractivity contribution in [1.82, 2.24) is 0 Å². The fourth-order valence-corrected chi connectivity index (χ4v) is 2.14. The molecule has 2 aromatic rings. The van der Waals surface area contributed by atoms with Gasteiger partial charge in [-0.3, -0.25) is 4.79 Å². The van der Waals surface area contributed by atoms with Crippen molar-refractivity contribution < 1.29 is 14.3 Å². The summed E-state index contributed by atoms with van der Waals surface area (Å²) in [5, 5.41) is 5.98. The topological polar surface area (TPSA) is 67.4 Å². The summed E-state index contributed by atoms with van der Waals surface area (Å²) in [6.45, 7) is 2.45. The third-order valence-electron chi connectivity index (χ3n) is 3.27. The quantitative estimate of drug-likeness (QED) is 0.804. The van der Waals surface area contributed by atoms with Crippen molar-refractivity contribution in [3.05, 3.63) is 59.7 Å². The van der Waals surface area contributed by atoms with E-state index in [9.17, 15) is 9.59 Å². The standard InChI is InChI=1S/C18H20N2O3/c1-13-5-3-8-16(11-13)20-17(21)9-10-19-15-7-4-6-14(12-15)18(22)23-2/h3-8,11-12,19H,9-10H2,1-2H3,(H,20,21). The number of methoxy groups -OCH3 is 1. The highest BCUT2D eigenvalue weighted by molar-refractivity contribution is 5.91. The Balaban J connectivity index is 1.82. The van der Waals surface area contributed by atoms with Gasteiger partial charge in [-0.15, -0.1) is 0 Å². The average Bonchev–Trinajstić information content (AvgIpc) is 2.54. The highest BCUT2D eigenvalue weighted by atomic mass is 16.5. The summed E-state index contributed by atoms with van der Waals surface area (Å²) >= 11 is 0. The molecule has 2 rings (SSSR count). The second-order valence-electron chi connectivity index (χ2n) is 5.17. The Kier molecular flexibility index (Phi) is 5.74. The highest BCUT2D eigenvalue weighted by Gasteiger charge is 2.06. The molecule has 120 valence electrons. The first-order valence-electron chi connectivity index (χ1n) is 7.37. The van der Waals surface area contributed by atoms with Gasteiger partial charge in [-0.2, -0.15) is 0 Å². The Hall–Kier alpha value is -2.82. The summed E-state index contributed by atoms with van der Waals surface area (Å²) < 4.78 is 4.68. The second kappa shape index (κ2) is 7.98. The zero-order valence-electron chi connectivity index (χ0n) is 13.3. The first kappa shape index (κ1) is 16.5. The molecule has 0 heterocycles. The minimum absolute atomic E-state index is 0.0628. The molecule has 0 atom stereocenters. The number of benzene rings is 2. The van der Waals surface area contributed by atoms with Crippen LogP contribution < -0.4 is 10.6 Å². The number of nitrogens with one attached hydrogen (secondary N) is 2. The van der Waals surface area contributed by atoms with Crippen molar-refractivity contribution in [2.24, 2.45) is 0 Å². The number of amides is 1. The van der Waals surface area contributed by atoms with Gasteiger partial charge in [-0.1, -0.05) is 18.2 Å². The largest absolute Gasteiger partial charge is 0.465 e. The van der Waals surface area contributed by atoms with Crippen molar-refractivity contribution in [2.75, 3.05) is 24.3 Å². The van der Waals surface area contributed by atoms with E-state index in [4.69, 9.17) is 0 Å². The molecule has 5 heteroatoms. The van der Waals surface area contributed by atoms with Gasteiger partial charge in [0, 0.05) is 24.3 Å². The molecule has 2 N–H and O–H groups in total. The van der Waals surface area contributed by atoms with Crippen LogP contribution in [0.2, 0.25) is 0 Å². The van der Waals surface area contributed by atoms with Crippen LogP contribution >= 0.6 is 0 Å². The van der Waals surface area contributed by atoms with E-state index in [1.807, 2.05) is 37.3 Å². The van der Waals surface area contributed by atoms with Crippen LogP contribution in [0.4, 0.5) is 11.4 Å². The van der Waals surface area contributed by atoms with E-state index in [1.54, 1.807) is 18.2 Å². The third-order valence-corrected chi connectivity index (χ3v) is 3.27. The van der Waals surface area contributed by atoms with Gasteiger partial charge in [0.15, 0.2) is 0 Å². The fourth-order valence-electron chi connectivity index (χ4n) is 2.14. The molecule has 0 aliphatic heterocycles. The van der Waals surface area contributed by atoms with Gasteiger partial charge in [-0.25, -0.2) is 4.79 Å². The third kappa shape index (κ3) is 5.14. The summed E-state index contributed by atoms with van der Waals surface area (Å²) in [6.07, 6.45) is 0.330. The lowest BCUT2D eigenvalue weighted by molar-refractivity contribution is -0.115. The van der Waals surface area contributed by atoms with E-state index in [0.717, 1.165) is 16.9 Å². The number of hydrogen-bond donors (Lipinski definition) is 2. The van der Waals surface area contributed by atoms with Gasteiger partial charge in [0.2, 0.25) is 5.91 Å². The molecule has 23 heavy (non-hydrogen) atoms. The molecule has 0 saturated heterocycles. The highest BCUT2D eigenvalue weighted by Crippen LogP contribution is 2.12. The van der Waals surface area contributed by atoms with E-state index in [-0.39, 0.29) is 11.9 Å². The summed E-state index contributed by atoms with van der Waals surface area (Å²) in [6, 6.07) is 14.6. The molecule has 2 aromatic carbocycles. The number of hydrogen-bond acceptors (Lipinski definition) is 4. The number of rotatable bonds is 6. The molecule has 0 aliphatic carbocycles. The minimum atomic E-state index is -0.383. The van der Waals surface area contributed by atoms with Crippen LogP contribution in [0.25, 0.3) is 0 Å². The van der Waals surface area contributed by atoms with Gasteiger partial charge in [0.05, 0.1) is 12.7 Å². The molecule has 0 unspecified atom stereocenters. The number of carbonyl (C=O) groups excluding carboxylic acids is 2. The van der Waals surface area contributed by atoms with Crippen LogP contribution in [0.15, 0.2) is 48.5 Å². The summed E-state index contributed by atoms with van der Waals surface area (Å²) in [5.41, 5.74) is 3.14. The maximum absolute atomic E-state index is 11.9. The van der Waals surface area contributed by atoms with Crippen LogP contribution in [0.3, 0.4) is 0 Å². The van der Waals surface area contributed by atoms with Crippen molar-refractivity contribution >= 4 is 23.3 Å². The van der Waals surface area contributed by atoms with Crippen molar-refractivity contribution in [2.45, 2.75) is 13.3 Å². The Labute approximate surface area is 135 Å². The van der Waals surface area contributed by atoms with Crippen molar-refractivity contribution in [3.8, 4) is 0 Å². The molecular weight excluding hydrogens is 292 g/mol. The predicted octanol–water partition coefficient (Wildman–Crippen LogP) is 3.22. The average molecular weight is 312 g/mol. The normalized spacial score (nSPS) is 10.0. The van der Waals surface area contributed by atoms with E-state index >= 15 is 0 Å². The van der Waals surface area contributed by atoms with E-state index in [1.165, 1.54) is 7.11 Å². The summed E-state index contributed by atoms with van der Waals surface area (Å²) in [5.74, 6) is -0.446. The first-order chi connectivity index (χ1) is 11.1. The molecule has 0 fully saturated rings. The van der Waals surface area contributed by atoms with Gasteiger partial charge in [0.25, 0.3) is 0 Å². The predicted molar refractivity (Wildman–Crippen MR) is 90.7 cm³/mol. The lowest BCUT2D eigenvalue weighted by Gasteiger charge is -2.09. The Morgan fingerprint density at radius 3 is 2.52 bits per heavy atom. The molecule has 0 aliphatic rings. The van der Waals surface area contributed by atoms with Crippen LogP contribution in [-0.4, -0.2) is 25.5 Å². The number of esters is 1. The molecule has 0 radical (unpaired) electrons. The molecule has 0 saturated carbocycles. The van der Waals surface area contributed by atoms with Crippen LogP contribution in [-0.2, 0) is 9.53 Å². The van der Waals surface area contributed by atoms with E-state index < -0.39 is 0 Å².